The summed E-state index contributed by atoms with van der Waals surface area (Å²) in [5.41, 5.74) is -0.296. The Hall–Kier alpha value is -0.770. The van der Waals surface area contributed by atoms with Gasteiger partial charge in [0.25, 0.3) is 0 Å². The lowest BCUT2D eigenvalue weighted by molar-refractivity contribution is 0.0375. The Balaban J connectivity index is 1.60. The Labute approximate surface area is 128 Å². The Morgan fingerprint density at radius 2 is 1.14 bits per heavy atom. The van der Waals surface area contributed by atoms with Gasteiger partial charge in [0.15, 0.2) is 0 Å². The minimum absolute atomic E-state index is 0.207. The van der Waals surface area contributed by atoms with Crippen LogP contribution < -0.4 is 0 Å². The zero-order valence-corrected chi connectivity index (χ0v) is 13.7. The summed E-state index contributed by atoms with van der Waals surface area (Å²) < 4.78 is 0. The second-order valence-corrected chi connectivity index (χ2v) is 8.20. The molecule has 1 amide bonds. The van der Waals surface area contributed by atoms with E-state index in [0.717, 1.165) is 31.0 Å². The average Bonchev–Trinajstić information content (AvgIpc) is 3.23. The summed E-state index contributed by atoms with van der Waals surface area (Å²) in [5.74, 6) is 0. The van der Waals surface area contributed by atoms with Gasteiger partial charge >= 0.3 is 6.09 Å². The first-order chi connectivity index (χ1) is 9.88. The van der Waals surface area contributed by atoms with Crippen LogP contribution in [0.2, 0.25) is 0 Å². The number of hydrogen-bond acceptors (Lipinski definition) is 2. The van der Waals surface area contributed by atoms with Crippen LogP contribution in [-0.2, 0) is 0 Å². The molecule has 1 N–H and O–H groups in total. The maximum Gasteiger partial charge on any atom is 0.407 e. The van der Waals surface area contributed by atoms with E-state index in [4.69, 9.17) is 0 Å². The summed E-state index contributed by atoms with van der Waals surface area (Å²) in [6, 6.07) is 2.64. The zero-order chi connectivity index (χ0) is 15.2. The van der Waals surface area contributed by atoms with Crippen molar-refractivity contribution in [3.05, 3.63) is 0 Å². The van der Waals surface area contributed by atoms with E-state index in [2.05, 4.69) is 4.90 Å². The minimum atomic E-state index is -0.757. The topological polar surface area (TPSA) is 43.8 Å². The monoisotopic (exact) mass is 294 g/mol. The van der Waals surface area contributed by atoms with Crippen molar-refractivity contribution < 1.29 is 9.90 Å². The van der Waals surface area contributed by atoms with Gasteiger partial charge in [0.2, 0.25) is 0 Å². The number of nitrogens with zero attached hydrogens (tertiary/aromatic N) is 2. The fraction of sp³-hybridized carbons (Fsp3) is 0.941. The van der Waals surface area contributed by atoms with Crippen molar-refractivity contribution in [1.82, 2.24) is 9.80 Å². The normalized spacial score (nSPS) is 30.5. The van der Waals surface area contributed by atoms with Crippen molar-refractivity contribution in [2.75, 3.05) is 0 Å². The molecule has 0 aromatic heterocycles. The van der Waals surface area contributed by atoms with E-state index >= 15 is 0 Å². The van der Waals surface area contributed by atoms with Crippen molar-refractivity contribution in [3.63, 3.8) is 0 Å². The van der Waals surface area contributed by atoms with E-state index in [1.54, 1.807) is 4.90 Å². The number of amides is 1. The molecule has 21 heavy (non-hydrogen) atoms. The Morgan fingerprint density at radius 3 is 1.43 bits per heavy atom. The fourth-order valence-electron chi connectivity index (χ4n) is 4.25. The summed E-state index contributed by atoms with van der Waals surface area (Å²) in [5, 5.41) is 9.55. The van der Waals surface area contributed by atoms with E-state index in [1.165, 1.54) is 38.5 Å². The number of carboxylic acid groups (broad SMARTS) is 1. The third-order valence-electron chi connectivity index (χ3n) is 5.32. The predicted molar refractivity (Wildman–Crippen MR) is 83.5 cm³/mol. The summed E-state index contributed by atoms with van der Waals surface area (Å²) in [6.45, 7) is 6.02. The third kappa shape index (κ3) is 3.36. The molecule has 3 rings (SSSR count). The standard InChI is InChI=1S/C17H30N2O2/c1-17(2,3)19(16(20)21)15-10-8-14(9-11-15)18(12-4-5-12)13-6-7-13/h12-15H,4-11H2,1-3H3,(H,20,21)/t14-,15-. The van der Waals surface area contributed by atoms with E-state index < -0.39 is 6.09 Å². The molecule has 0 aromatic rings. The van der Waals surface area contributed by atoms with E-state index in [1.807, 2.05) is 20.8 Å². The molecule has 0 heterocycles. The predicted octanol–water partition coefficient (Wildman–Crippen LogP) is 3.70. The van der Waals surface area contributed by atoms with Gasteiger partial charge in [0.1, 0.15) is 0 Å². The van der Waals surface area contributed by atoms with Gasteiger partial charge in [-0.1, -0.05) is 0 Å². The van der Waals surface area contributed by atoms with Gasteiger partial charge in [-0.3, -0.25) is 4.90 Å². The maximum atomic E-state index is 11.6. The van der Waals surface area contributed by atoms with Crippen LogP contribution in [0.5, 0.6) is 0 Å². The van der Waals surface area contributed by atoms with Crippen LogP contribution >= 0.6 is 0 Å². The highest BCUT2D eigenvalue weighted by Crippen LogP contribution is 2.42. The zero-order valence-electron chi connectivity index (χ0n) is 13.7. The molecule has 0 atom stereocenters. The van der Waals surface area contributed by atoms with Gasteiger partial charge in [-0.2, -0.15) is 0 Å². The highest BCUT2D eigenvalue weighted by Gasteiger charge is 2.44. The van der Waals surface area contributed by atoms with Crippen molar-refractivity contribution in [2.24, 2.45) is 0 Å². The Bertz CT molecular complexity index is 376. The molecule has 0 aliphatic heterocycles. The second kappa shape index (κ2) is 5.45. The minimum Gasteiger partial charge on any atom is -0.465 e. The van der Waals surface area contributed by atoms with Crippen LogP contribution in [0.15, 0.2) is 0 Å². The molecule has 3 saturated carbocycles. The van der Waals surface area contributed by atoms with Gasteiger partial charge in [-0.25, -0.2) is 4.79 Å². The molecule has 4 heteroatoms. The van der Waals surface area contributed by atoms with Crippen LogP contribution in [0.4, 0.5) is 4.79 Å². The van der Waals surface area contributed by atoms with Gasteiger partial charge in [-0.05, 0) is 72.1 Å². The van der Waals surface area contributed by atoms with Crippen molar-refractivity contribution >= 4 is 6.09 Å². The highest BCUT2D eigenvalue weighted by molar-refractivity contribution is 5.66. The van der Waals surface area contributed by atoms with E-state index in [9.17, 15) is 9.90 Å². The smallest absolute Gasteiger partial charge is 0.407 e. The SMILES string of the molecule is CC(C)(C)N(C(=O)O)[C@H]1CC[C@H](N(C2CC2)C2CC2)CC1. The summed E-state index contributed by atoms with van der Waals surface area (Å²) >= 11 is 0. The van der Waals surface area contributed by atoms with Crippen molar-refractivity contribution in [1.29, 1.82) is 0 Å². The van der Waals surface area contributed by atoms with Gasteiger partial charge < -0.3 is 10.0 Å². The molecule has 120 valence electrons. The molecular formula is C17H30N2O2. The van der Waals surface area contributed by atoms with E-state index in [-0.39, 0.29) is 11.6 Å². The third-order valence-corrected chi connectivity index (χ3v) is 5.32. The lowest BCUT2D eigenvalue weighted by atomic mass is 9.87. The quantitative estimate of drug-likeness (QED) is 0.859. The summed E-state index contributed by atoms with van der Waals surface area (Å²) in [6.07, 6.45) is 9.22. The first-order valence-corrected chi connectivity index (χ1v) is 8.67. The molecule has 0 saturated heterocycles. The molecule has 4 nitrogen and oxygen atoms in total. The largest absolute Gasteiger partial charge is 0.465 e. The average molecular weight is 294 g/mol. The molecule has 3 aliphatic carbocycles. The fourth-order valence-corrected chi connectivity index (χ4v) is 4.25. The molecule has 0 bridgehead atoms. The van der Waals surface area contributed by atoms with Crippen molar-refractivity contribution in [2.45, 2.75) is 102 Å². The van der Waals surface area contributed by atoms with Gasteiger partial charge in [0.05, 0.1) is 0 Å². The number of carbonyl (C=O) groups is 1. The van der Waals surface area contributed by atoms with Gasteiger partial charge in [-0.15, -0.1) is 0 Å². The first-order valence-electron chi connectivity index (χ1n) is 8.67. The van der Waals surface area contributed by atoms with Crippen LogP contribution in [0.25, 0.3) is 0 Å². The van der Waals surface area contributed by atoms with Crippen LogP contribution in [0.3, 0.4) is 0 Å². The van der Waals surface area contributed by atoms with Crippen LogP contribution in [0, 0.1) is 0 Å². The number of hydrogen-bond donors (Lipinski definition) is 1. The Kier molecular flexibility index (Phi) is 3.93. The lowest BCUT2D eigenvalue weighted by Gasteiger charge is -2.44. The molecule has 0 aromatic carbocycles. The maximum absolute atomic E-state index is 11.6. The Morgan fingerprint density at radius 1 is 0.810 bits per heavy atom. The van der Waals surface area contributed by atoms with Crippen LogP contribution in [-0.4, -0.2) is 50.7 Å². The number of rotatable bonds is 4. The van der Waals surface area contributed by atoms with Gasteiger partial charge in [0, 0.05) is 29.7 Å². The summed E-state index contributed by atoms with van der Waals surface area (Å²) in [7, 11) is 0. The van der Waals surface area contributed by atoms with Crippen molar-refractivity contribution in [3.8, 4) is 0 Å². The first kappa shape index (κ1) is 15.1. The molecule has 3 fully saturated rings. The lowest BCUT2D eigenvalue weighted by Crippen LogP contribution is -2.53. The second-order valence-electron chi connectivity index (χ2n) is 8.20. The van der Waals surface area contributed by atoms with E-state index in [0.29, 0.717) is 0 Å². The highest BCUT2D eigenvalue weighted by atomic mass is 16.4. The molecule has 0 radical (unpaired) electrons. The summed E-state index contributed by atoms with van der Waals surface area (Å²) in [4.78, 5) is 16.1. The molecular weight excluding hydrogens is 264 g/mol. The molecule has 0 spiro atoms. The molecule has 0 unspecified atom stereocenters. The molecule has 3 aliphatic rings. The van der Waals surface area contributed by atoms with Crippen LogP contribution in [0.1, 0.15) is 72.1 Å².